The molecule has 1 atom stereocenters. The largest absolute Gasteiger partial charge is 0.497 e. The summed E-state index contributed by atoms with van der Waals surface area (Å²) in [5.41, 5.74) is 6.61. The van der Waals surface area contributed by atoms with Gasteiger partial charge in [0.2, 0.25) is 23.6 Å². The topological polar surface area (TPSA) is 133 Å². The van der Waals surface area contributed by atoms with Gasteiger partial charge in [-0.3, -0.25) is 14.4 Å². The number of carbonyl (C=O) groups excluding carboxylic acids is 3. The third kappa shape index (κ3) is 5.32. The predicted molar refractivity (Wildman–Crippen MR) is 128 cm³/mol. The highest BCUT2D eigenvalue weighted by molar-refractivity contribution is 6.04. The number of nitrogens with two attached hydrogens (primary N) is 1. The van der Waals surface area contributed by atoms with Gasteiger partial charge >= 0.3 is 0 Å². The molecule has 3 aromatic rings. The Kier molecular flexibility index (Phi) is 6.81. The van der Waals surface area contributed by atoms with Gasteiger partial charge < -0.3 is 30.2 Å². The molecule has 3 N–H and O–H groups in total. The minimum Gasteiger partial charge on any atom is -0.497 e. The molecule has 2 aromatic carbocycles. The van der Waals surface area contributed by atoms with Gasteiger partial charge in [0.25, 0.3) is 0 Å². The van der Waals surface area contributed by atoms with E-state index in [9.17, 15) is 14.4 Å². The highest BCUT2D eigenvalue weighted by atomic mass is 16.5. The number of ether oxygens (including phenoxy) is 3. The molecule has 1 unspecified atom stereocenters. The lowest BCUT2D eigenvalue weighted by Gasteiger charge is -2.20. The SMILES string of the molecule is COc1ccc(OC)c(N2CC(C(=O)Nc3ccc(Oc4cccc(C(N)=O)c4)nc3)CC2=O)c1. The van der Waals surface area contributed by atoms with Gasteiger partial charge in [-0.1, -0.05) is 6.07 Å². The van der Waals surface area contributed by atoms with Crippen molar-refractivity contribution in [2.45, 2.75) is 6.42 Å². The predicted octanol–water partition coefficient (Wildman–Crippen LogP) is 2.98. The monoisotopic (exact) mass is 476 g/mol. The Labute approximate surface area is 201 Å². The zero-order valence-electron chi connectivity index (χ0n) is 19.2. The van der Waals surface area contributed by atoms with Crippen LogP contribution in [-0.2, 0) is 9.59 Å². The van der Waals surface area contributed by atoms with Gasteiger partial charge in [0.15, 0.2) is 0 Å². The number of pyridine rings is 1. The Morgan fingerprint density at radius 2 is 1.89 bits per heavy atom. The van der Waals surface area contributed by atoms with Crippen molar-refractivity contribution < 1.29 is 28.6 Å². The smallest absolute Gasteiger partial charge is 0.248 e. The highest BCUT2D eigenvalue weighted by Gasteiger charge is 2.36. The summed E-state index contributed by atoms with van der Waals surface area (Å²) in [7, 11) is 3.06. The van der Waals surface area contributed by atoms with Crippen LogP contribution in [0.25, 0.3) is 0 Å². The number of carbonyl (C=O) groups is 3. The molecule has 2 heterocycles. The van der Waals surface area contributed by atoms with E-state index in [1.54, 1.807) is 48.5 Å². The lowest BCUT2D eigenvalue weighted by atomic mass is 10.1. The molecule has 10 heteroatoms. The van der Waals surface area contributed by atoms with Crippen LogP contribution in [0.5, 0.6) is 23.1 Å². The van der Waals surface area contributed by atoms with Crippen LogP contribution in [0.3, 0.4) is 0 Å². The number of nitrogens with zero attached hydrogens (tertiary/aromatic N) is 2. The van der Waals surface area contributed by atoms with Crippen molar-refractivity contribution in [3.05, 3.63) is 66.4 Å². The van der Waals surface area contributed by atoms with Crippen molar-refractivity contribution >= 4 is 29.1 Å². The van der Waals surface area contributed by atoms with Crippen LogP contribution < -0.4 is 30.2 Å². The molecule has 0 radical (unpaired) electrons. The summed E-state index contributed by atoms with van der Waals surface area (Å²) in [4.78, 5) is 42.6. The molecule has 180 valence electrons. The lowest BCUT2D eigenvalue weighted by molar-refractivity contribution is -0.122. The summed E-state index contributed by atoms with van der Waals surface area (Å²) in [6.45, 7) is 0.207. The summed E-state index contributed by atoms with van der Waals surface area (Å²) < 4.78 is 16.3. The van der Waals surface area contributed by atoms with Gasteiger partial charge in [-0.15, -0.1) is 0 Å². The van der Waals surface area contributed by atoms with E-state index in [4.69, 9.17) is 19.9 Å². The van der Waals surface area contributed by atoms with Crippen LogP contribution in [0.1, 0.15) is 16.8 Å². The van der Waals surface area contributed by atoms with Crippen molar-refractivity contribution in [3.8, 4) is 23.1 Å². The number of hydrogen-bond donors (Lipinski definition) is 2. The van der Waals surface area contributed by atoms with Crippen LogP contribution in [0.15, 0.2) is 60.8 Å². The zero-order valence-corrected chi connectivity index (χ0v) is 19.2. The van der Waals surface area contributed by atoms with E-state index in [2.05, 4.69) is 10.3 Å². The van der Waals surface area contributed by atoms with Gasteiger partial charge in [0.1, 0.15) is 17.2 Å². The van der Waals surface area contributed by atoms with E-state index in [0.717, 1.165) is 0 Å². The number of aromatic nitrogens is 1. The van der Waals surface area contributed by atoms with Crippen molar-refractivity contribution in [2.75, 3.05) is 31.0 Å². The molecule has 1 aromatic heterocycles. The molecule has 10 nitrogen and oxygen atoms in total. The first kappa shape index (κ1) is 23.6. The number of hydrogen-bond acceptors (Lipinski definition) is 7. The number of amides is 3. The molecule has 0 spiro atoms. The molecule has 0 bridgehead atoms. The second-order valence-electron chi connectivity index (χ2n) is 7.81. The maximum absolute atomic E-state index is 12.8. The maximum atomic E-state index is 12.8. The van der Waals surface area contributed by atoms with Crippen molar-refractivity contribution in [1.29, 1.82) is 0 Å². The molecular weight excluding hydrogens is 452 g/mol. The number of anilines is 2. The molecule has 1 fully saturated rings. The number of rotatable bonds is 8. The van der Waals surface area contributed by atoms with E-state index in [1.807, 2.05) is 0 Å². The molecule has 1 saturated heterocycles. The number of nitrogens with one attached hydrogen (secondary N) is 1. The van der Waals surface area contributed by atoms with Crippen LogP contribution in [-0.4, -0.2) is 43.5 Å². The molecule has 0 aliphatic carbocycles. The standard InChI is InChI=1S/C25H24N4O6/c1-33-18-7-8-21(34-2)20(12-18)29-14-16(11-23(29)30)25(32)28-17-6-9-22(27-13-17)35-19-5-3-4-15(10-19)24(26)31/h3-10,12-13,16H,11,14H2,1-2H3,(H2,26,31)(H,28,32). The second-order valence-corrected chi connectivity index (χ2v) is 7.81. The molecule has 3 amide bonds. The normalized spacial score (nSPS) is 15.0. The summed E-state index contributed by atoms with van der Waals surface area (Å²) in [5.74, 6) is 0.183. The minimum absolute atomic E-state index is 0.0665. The van der Waals surface area contributed by atoms with E-state index >= 15 is 0 Å². The van der Waals surface area contributed by atoms with Crippen LogP contribution in [0.4, 0.5) is 11.4 Å². The van der Waals surface area contributed by atoms with Gasteiger partial charge in [0, 0.05) is 30.7 Å². The van der Waals surface area contributed by atoms with Gasteiger partial charge in [-0.2, -0.15) is 0 Å². The molecule has 0 saturated carbocycles. The third-order valence-electron chi connectivity index (χ3n) is 5.52. The fourth-order valence-electron chi connectivity index (χ4n) is 3.72. The average Bonchev–Trinajstić information content (AvgIpc) is 3.26. The molecular formula is C25H24N4O6. The van der Waals surface area contributed by atoms with Crippen molar-refractivity contribution in [3.63, 3.8) is 0 Å². The highest BCUT2D eigenvalue weighted by Crippen LogP contribution is 2.36. The van der Waals surface area contributed by atoms with Crippen molar-refractivity contribution in [2.24, 2.45) is 11.7 Å². The number of methoxy groups -OCH3 is 2. The zero-order chi connectivity index (χ0) is 24.9. The fourth-order valence-corrected chi connectivity index (χ4v) is 3.72. The minimum atomic E-state index is -0.560. The fraction of sp³-hybridized carbons (Fsp3) is 0.200. The molecule has 1 aliphatic heterocycles. The Hall–Kier alpha value is -4.60. The quantitative estimate of drug-likeness (QED) is 0.511. The summed E-state index contributed by atoms with van der Waals surface area (Å²) >= 11 is 0. The summed E-state index contributed by atoms with van der Waals surface area (Å²) in [6, 6.07) is 14.8. The summed E-state index contributed by atoms with van der Waals surface area (Å²) in [5, 5.41) is 2.79. The third-order valence-corrected chi connectivity index (χ3v) is 5.52. The Balaban J connectivity index is 1.40. The lowest BCUT2D eigenvalue weighted by Crippen LogP contribution is -2.28. The molecule has 4 rings (SSSR count). The summed E-state index contributed by atoms with van der Waals surface area (Å²) in [6.07, 6.45) is 1.52. The first-order chi connectivity index (χ1) is 16.9. The average molecular weight is 476 g/mol. The van der Waals surface area contributed by atoms with Gasteiger partial charge in [-0.05, 0) is 36.4 Å². The van der Waals surface area contributed by atoms with Crippen LogP contribution in [0, 0.1) is 5.92 Å². The van der Waals surface area contributed by atoms with Crippen LogP contribution >= 0.6 is 0 Å². The molecule has 1 aliphatic rings. The van der Waals surface area contributed by atoms with E-state index in [1.165, 1.54) is 31.4 Å². The van der Waals surface area contributed by atoms with Gasteiger partial charge in [0.05, 0.1) is 37.7 Å². The van der Waals surface area contributed by atoms with Crippen molar-refractivity contribution in [1.82, 2.24) is 4.98 Å². The first-order valence-corrected chi connectivity index (χ1v) is 10.7. The van der Waals surface area contributed by atoms with Crippen LogP contribution in [0.2, 0.25) is 0 Å². The first-order valence-electron chi connectivity index (χ1n) is 10.7. The Bertz CT molecular complexity index is 1260. The second kappa shape index (κ2) is 10.1. The maximum Gasteiger partial charge on any atom is 0.248 e. The Morgan fingerprint density at radius 1 is 1.06 bits per heavy atom. The Morgan fingerprint density at radius 3 is 2.57 bits per heavy atom. The number of benzene rings is 2. The van der Waals surface area contributed by atoms with E-state index in [-0.39, 0.29) is 30.7 Å². The van der Waals surface area contributed by atoms with E-state index < -0.39 is 11.8 Å². The molecule has 35 heavy (non-hydrogen) atoms. The van der Waals surface area contributed by atoms with Gasteiger partial charge in [-0.25, -0.2) is 4.98 Å². The van der Waals surface area contributed by atoms with E-state index in [0.29, 0.717) is 34.2 Å². The number of primary amides is 1.